The van der Waals surface area contributed by atoms with Gasteiger partial charge in [0.05, 0.1) is 0 Å². The Labute approximate surface area is 108 Å². The molecule has 0 aromatic rings. The second-order valence-corrected chi connectivity index (χ2v) is 7.45. The Bertz CT molecular complexity index is 259. The molecule has 0 saturated heterocycles. The summed E-state index contributed by atoms with van der Waals surface area (Å²) in [5.74, 6) is 4.37. The van der Waals surface area contributed by atoms with Crippen LogP contribution in [0.15, 0.2) is 0 Å². The largest absolute Gasteiger partial charge is 0.0654 e. The molecule has 17 heavy (non-hydrogen) atoms. The minimum absolute atomic E-state index is 0.816. The summed E-state index contributed by atoms with van der Waals surface area (Å²) in [7, 11) is 0. The van der Waals surface area contributed by atoms with Gasteiger partial charge in [-0.1, -0.05) is 33.1 Å². The van der Waals surface area contributed by atoms with E-state index in [0.717, 1.165) is 29.1 Å². The second-order valence-electron chi connectivity index (χ2n) is 7.45. The van der Waals surface area contributed by atoms with Crippen molar-refractivity contribution < 1.29 is 0 Å². The van der Waals surface area contributed by atoms with E-state index in [0.29, 0.717) is 0 Å². The Morgan fingerprint density at radius 1 is 0.941 bits per heavy atom. The van der Waals surface area contributed by atoms with Gasteiger partial charge in [-0.2, -0.15) is 0 Å². The molecule has 3 unspecified atom stereocenters. The van der Waals surface area contributed by atoms with Gasteiger partial charge in [0, 0.05) is 0 Å². The van der Waals surface area contributed by atoms with E-state index in [1.807, 2.05) is 0 Å². The van der Waals surface area contributed by atoms with Gasteiger partial charge in [-0.25, -0.2) is 0 Å². The Balaban J connectivity index is 1.72. The predicted octanol–water partition coefficient (Wildman–Crippen LogP) is 5.42. The minimum atomic E-state index is 0.816. The fraction of sp³-hybridized carbons (Fsp3) is 1.00. The lowest BCUT2D eigenvalue weighted by Gasteiger charge is -2.51. The van der Waals surface area contributed by atoms with Crippen molar-refractivity contribution in [2.75, 3.05) is 0 Å². The molecule has 3 atom stereocenters. The lowest BCUT2D eigenvalue weighted by molar-refractivity contribution is -0.0103. The summed E-state index contributed by atoms with van der Waals surface area (Å²) in [6.45, 7) is 4.89. The van der Waals surface area contributed by atoms with Crippen LogP contribution in [0.2, 0.25) is 0 Å². The average molecular weight is 234 g/mol. The van der Waals surface area contributed by atoms with Gasteiger partial charge in [0.1, 0.15) is 0 Å². The van der Waals surface area contributed by atoms with Crippen LogP contribution in [0.3, 0.4) is 0 Å². The van der Waals surface area contributed by atoms with E-state index in [1.165, 1.54) is 19.3 Å². The van der Waals surface area contributed by atoms with Gasteiger partial charge in [0.2, 0.25) is 0 Å². The maximum absolute atomic E-state index is 2.52. The molecule has 4 saturated carbocycles. The fourth-order valence-electron chi connectivity index (χ4n) is 5.53. The summed E-state index contributed by atoms with van der Waals surface area (Å²) < 4.78 is 0. The summed E-state index contributed by atoms with van der Waals surface area (Å²) in [4.78, 5) is 0. The highest BCUT2D eigenvalue weighted by atomic mass is 14.5. The lowest BCUT2D eigenvalue weighted by Crippen LogP contribution is -2.41. The minimum Gasteiger partial charge on any atom is -0.0654 e. The fourth-order valence-corrected chi connectivity index (χ4v) is 5.53. The topological polar surface area (TPSA) is 0 Å². The molecule has 0 radical (unpaired) electrons. The molecule has 0 spiro atoms. The van der Waals surface area contributed by atoms with Crippen molar-refractivity contribution in [2.45, 2.75) is 78.1 Å². The van der Waals surface area contributed by atoms with Gasteiger partial charge in [0.15, 0.2) is 0 Å². The van der Waals surface area contributed by atoms with E-state index in [-0.39, 0.29) is 0 Å². The third-order valence-electron chi connectivity index (χ3n) is 6.77. The molecule has 0 amide bonds. The first-order chi connectivity index (χ1) is 8.25. The van der Waals surface area contributed by atoms with Crippen LogP contribution >= 0.6 is 0 Å². The quantitative estimate of drug-likeness (QED) is 0.611. The van der Waals surface area contributed by atoms with Crippen molar-refractivity contribution in [3.63, 3.8) is 0 Å². The van der Waals surface area contributed by atoms with E-state index in [9.17, 15) is 0 Å². The van der Waals surface area contributed by atoms with Crippen LogP contribution in [-0.2, 0) is 0 Å². The molecule has 4 fully saturated rings. The first-order valence-corrected chi connectivity index (χ1v) is 8.25. The summed E-state index contributed by atoms with van der Waals surface area (Å²) in [6.07, 6.45) is 15.5. The first-order valence-electron chi connectivity index (χ1n) is 8.25. The molecule has 4 aliphatic carbocycles. The maximum Gasteiger partial charge on any atom is -0.0266 e. The van der Waals surface area contributed by atoms with Crippen molar-refractivity contribution >= 4 is 0 Å². The van der Waals surface area contributed by atoms with Gasteiger partial charge in [-0.3, -0.25) is 0 Å². The van der Waals surface area contributed by atoms with Crippen molar-refractivity contribution in [2.24, 2.45) is 29.1 Å². The summed E-state index contributed by atoms with van der Waals surface area (Å²) in [5.41, 5.74) is 0.816. The van der Waals surface area contributed by atoms with Gasteiger partial charge in [-0.15, -0.1) is 0 Å². The van der Waals surface area contributed by atoms with Gasteiger partial charge >= 0.3 is 0 Å². The number of rotatable bonds is 3. The van der Waals surface area contributed by atoms with Gasteiger partial charge < -0.3 is 0 Å². The zero-order valence-corrected chi connectivity index (χ0v) is 11.9. The van der Waals surface area contributed by atoms with Crippen molar-refractivity contribution in [3.8, 4) is 0 Å². The van der Waals surface area contributed by atoms with Crippen LogP contribution in [0.5, 0.6) is 0 Å². The lowest BCUT2D eigenvalue weighted by atomic mass is 9.54. The Morgan fingerprint density at radius 2 is 1.65 bits per heavy atom. The van der Waals surface area contributed by atoms with Crippen molar-refractivity contribution in [3.05, 3.63) is 0 Å². The molecule has 4 aliphatic rings. The summed E-state index contributed by atoms with van der Waals surface area (Å²) in [5, 5.41) is 0. The van der Waals surface area contributed by atoms with E-state index < -0.39 is 0 Å². The Kier molecular flexibility index (Phi) is 3.26. The third kappa shape index (κ3) is 1.96. The number of hydrogen-bond acceptors (Lipinski definition) is 0. The van der Waals surface area contributed by atoms with Gasteiger partial charge in [0.25, 0.3) is 0 Å². The Morgan fingerprint density at radius 3 is 2.18 bits per heavy atom. The van der Waals surface area contributed by atoms with Crippen LogP contribution in [0.25, 0.3) is 0 Å². The summed E-state index contributed by atoms with van der Waals surface area (Å²) in [6, 6.07) is 0. The van der Waals surface area contributed by atoms with E-state index >= 15 is 0 Å². The van der Waals surface area contributed by atoms with Crippen LogP contribution in [0.1, 0.15) is 78.1 Å². The first kappa shape index (κ1) is 12.1. The van der Waals surface area contributed by atoms with Crippen LogP contribution in [-0.4, -0.2) is 0 Å². The summed E-state index contributed by atoms with van der Waals surface area (Å²) >= 11 is 0. The second kappa shape index (κ2) is 4.59. The van der Waals surface area contributed by atoms with E-state index in [4.69, 9.17) is 0 Å². The van der Waals surface area contributed by atoms with E-state index in [1.54, 1.807) is 44.9 Å². The van der Waals surface area contributed by atoms with Crippen LogP contribution in [0, 0.1) is 29.1 Å². The standard InChI is InChI=1S/C17H30/c1-3-4-14-7-10-17(16-6-5-13(16)2)11-8-15(14)9-12-17/h13-16H,3-12H2,1-2H3. The van der Waals surface area contributed by atoms with Crippen molar-refractivity contribution in [1.29, 1.82) is 0 Å². The molecule has 0 heterocycles. The average Bonchev–Trinajstić information content (AvgIpc) is 2.59. The number of fused-ring (bicyclic) bond motifs is 4. The molecule has 0 aromatic heterocycles. The molecular formula is C17H30. The smallest absolute Gasteiger partial charge is 0.0266 e. The van der Waals surface area contributed by atoms with E-state index in [2.05, 4.69) is 13.8 Å². The molecule has 0 nitrogen and oxygen atoms in total. The third-order valence-corrected chi connectivity index (χ3v) is 6.77. The monoisotopic (exact) mass is 234 g/mol. The molecule has 0 heteroatoms. The SMILES string of the molecule is CCCC1CCC2(C3CCC3C)CCC1CC2. The zero-order chi connectivity index (χ0) is 11.9. The highest BCUT2D eigenvalue weighted by molar-refractivity contribution is 5.00. The molecule has 98 valence electrons. The van der Waals surface area contributed by atoms with Crippen molar-refractivity contribution in [1.82, 2.24) is 0 Å². The predicted molar refractivity (Wildman–Crippen MR) is 73.9 cm³/mol. The van der Waals surface area contributed by atoms with Crippen LogP contribution < -0.4 is 0 Å². The molecular weight excluding hydrogens is 204 g/mol. The molecule has 0 N–H and O–H groups in total. The zero-order valence-electron chi connectivity index (χ0n) is 11.9. The Hall–Kier alpha value is 0. The molecule has 0 aliphatic heterocycles. The molecule has 2 bridgehead atoms. The highest BCUT2D eigenvalue weighted by Crippen LogP contribution is 2.60. The maximum atomic E-state index is 2.52. The number of hydrogen-bond donors (Lipinski definition) is 0. The molecule has 0 aromatic carbocycles. The van der Waals surface area contributed by atoms with Crippen LogP contribution in [0.4, 0.5) is 0 Å². The normalized spacial score (nSPS) is 49.8. The molecule has 4 rings (SSSR count). The van der Waals surface area contributed by atoms with Gasteiger partial charge in [-0.05, 0) is 74.0 Å². The highest BCUT2D eigenvalue weighted by Gasteiger charge is 2.49.